The first-order chi connectivity index (χ1) is 16.4. The Bertz CT molecular complexity index is 1190. The second-order valence-electron chi connectivity index (χ2n) is 7.04. The van der Waals surface area contributed by atoms with Crippen molar-refractivity contribution in [1.29, 1.82) is 0 Å². The number of esters is 1. The van der Waals surface area contributed by atoms with Crippen LogP contribution in [0.2, 0.25) is 0 Å². The Morgan fingerprint density at radius 1 is 0.941 bits per heavy atom. The predicted octanol–water partition coefficient (Wildman–Crippen LogP) is 4.52. The van der Waals surface area contributed by atoms with Crippen molar-refractivity contribution in [1.82, 2.24) is 5.43 Å². The Morgan fingerprint density at radius 2 is 1.65 bits per heavy atom. The highest BCUT2D eigenvalue weighted by Gasteiger charge is 2.15. The minimum Gasteiger partial charge on any atom is -0.493 e. The van der Waals surface area contributed by atoms with E-state index in [1.165, 1.54) is 26.5 Å². The lowest BCUT2D eigenvalue weighted by Crippen LogP contribution is -2.24. The molecule has 0 saturated carbocycles. The molecule has 0 aliphatic heterocycles. The van der Waals surface area contributed by atoms with Crippen molar-refractivity contribution in [2.24, 2.45) is 5.10 Å². The van der Waals surface area contributed by atoms with Crippen LogP contribution in [0.5, 0.6) is 23.0 Å². The molecule has 0 fully saturated rings. The van der Waals surface area contributed by atoms with E-state index in [9.17, 15) is 9.59 Å². The number of nitrogens with one attached hydrogen (secondary N) is 1. The molecule has 0 heterocycles. The number of amides is 1. The van der Waals surface area contributed by atoms with Crippen LogP contribution in [0.15, 0.2) is 70.2 Å². The van der Waals surface area contributed by atoms with Crippen molar-refractivity contribution >= 4 is 34.0 Å². The monoisotopic (exact) mass is 526 g/mol. The van der Waals surface area contributed by atoms with Gasteiger partial charge in [-0.2, -0.15) is 5.10 Å². The number of benzene rings is 3. The number of carbonyl (C=O) groups is 2. The summed E-state index contributed by atoms with van der Waals surface area (Å²) in [4.78, 5) is 24.7. The number of carbonyl (C=O) groups excluding carboxylic acids is 2. The molecule has 0 spiro atoms. The Hall–Kier alpha value is -3.85. The molecule has 0 bridgehead atoms. The van der Waals surface area contributed by atoms with Gasteiger partial charge in [-0.25, -0.2) is 10.2 Å². The molecule has 9 heteroatoms. The third-order valence-electron chi connectivity index (χ3n) is 4.58. The quantitative estimate of drug-likeness (QED) is 0.190. The smallest absolute Gasteiger partial charge is 0.343 e. The zero-order valence-corrected chi connectivity index (χ0v) is 20.4. The molecule has 3 rings (SSSR count). The first kappa shape index (κ1) is 24.8. The van der Waals surface area contributed by atoms with Crippen LogP contribution in [0.25, 0.3) is 0 Å². The zero-order chi connectivity index (χ0) is 24.5. The van der Waals surface area contributed by atoms with E-state index in [4.69, 9.17) is 18.9 Å². The number of methoxy groups -OCH3 is 2. The van der Waals surface area contributed by atoms with Crippen molar-refractivity contribution in [3.05, 3.63) is 81.8 Å². The number of hydrogen-bond donors (Lipinski definition) is 1. The number of nitrogens with zero attached hydrogens (tertiary/aromatic N) is 1. The second kappa shape index (κ2) is 11.9. The van der Waals surface area contributed by atoms with Crippen LogP contribution in [0, 0.1) is 6.92 Å². The predicted molar refractivity (Wildman–Crippen MR) is 131 cm³/mol. The fraction of sp³-hybridized carbons (Fsp3) is 0.160. The minimum absolute atomic E-state index is 0.194. The molecule has 0 aromatic heterocycles. The largest absolute Gasteiger partial charge is 0.493 e. The summed E-state index contributed by atoms with van der Waals surface area (Å²) < 4.78 is 22.1. The van der Waals surface area contributed by atoms with Crippen molar-refractivity contribution in [2.45, 2.75) is 6.92 Å². The van der Waals surface area contributed by atoms with Crippen LogP contribution in [-0.2, 0) is 4.79 Å². The topological polar surface area (TPSA) is 95.5 Å². The van der Waals surface area contributed by atoms with E-state index in [0.717, 1.165) is 10.0 Å². The van der Waals surface area contributed by atoms with Crippen LogP contribution in [0.1, 0.15) is 21.5 Å². The van der Waals surface area contributed by atoms with Gasteiger partial charge < -0.3 is 18.9 Å². The summed E-state index contributed by atoms with van der Waals surface area (Å²) in [6.45, 7) is 1.77. The summed E-state index contributed by atoms with van der Waals surface area (Å²) in [5.74, 6) is 0.727. The Labute approximate surface area is 205 Å². The molecule has 0 aliphatic rings. The Balaban J connectivity index is 1.65. The van der Waals surface area contributed by atoms with Gasteiger partial charge in [0.2, 0.25) is 0 Å². The second-order valence-corrected chi connectivity index (χ2v) is 7.95. The Kier molecular flexibility index (Phi) is 8.64. The Morgan fingerprint density at radius 3 is 2.35 bits per heavy atom. The maximum Gasteiger partial charge on any atom is 0.343 e. The van der Waals surface area contributed by atoms with Crippen molar-refractivity contribution < 1.29 is 28.5 Å². The molecule has 0 unspecified atom stereocenters. The highest BCUT2D eigenvalue weighted by Crippen LogP contribution is 2.29. The fourth-order valence-electron chi connectivity index (χ4n) is 2.82. The van der Waals surface area contributed by atoms with Crippen LogP contribution in [0.3, 0.4) is 0 Å². The molecule has 1 amide bonds. The number of rotatable bonds is 9. The highest BCUT2D eigenvalue weighted by molar-refractivity contribution is 9.10. The van der Waals surface area contributed by atoms with E-state index < -0.39 is 11.9 Å². The fourth-order valence-corrected chi connectivity index (χ4v) is 3.20. The van der Waals surface area contributed by atoms with Gasteiger partial charge in [-0.15, -0.1) is 0 Å². The van der Waals surface area contributed by atoms with E-state index >= 15 is 0 Å². The summed E-state index contributed by atoms with van der Waals surface area (Å²) >= 11 is 3.38. The third kappa shape index (κ3) is 6.82. The van der Waals surface area contributed by atoms with Gasteiger partial charge in [0.25, 0.3) is 5.91 Å². The number of hydrogen-bond acceptors (Lipinski definition) is 7. The summed E-state index contributed by atoms with van der Waals surface area (Å²) in [5, 5.41) is 3.95. The van der Waals surface area contributed by atoms with E-state index in [1.807, 2.05) is 19.1 Å². The van der Waals surface area contributed by atoms with Gasteiger partial charge >= 0.3 is 5.97 Å². The lowest BCUT2D eigenvalue weighted by molar-refractivity contribution is -0.123. The number of hydrazone groups is 1. The lowest BCUT2D eigenvalue weighted by Gasteiger charge is -2.11. The van der Waals surface area contributed by atoms with Crippen LogP contribution >= 0.6 is 15.9 Å². The molecule has 0 radical (unpaired) electrons. The molecule has 3 aromatic rings. The molecular weight excluding hydrogens is 504 g/mol. The van der Waals surface area contributed by atoms with Gasteiger partial charge in [-0.1, -0.05) is 33.6 Å². The van der Waals surface area contributed by atoms with E-state index in [2.05, 4.69) is 26.5 Å². The van der Waals surface area contributed by atoms with Crippen molar-refractivity contribution in [2.75, 3.05) is 20.8 Å². The minimum atomic E-state index is -0.589. The van der Waals surface area contributed by atoms with Gasteiger partial charge in [0, 0.05) is 10.0 Å². The van der Waals surface area contributed by atoms with E-state index in [-0.39, 0.29) is 17.9 Å². The summed E-state index contributed by atoms with van der Waals surface area (Å²) in [7, 11) is 2.99. The van der Waals surface area contributed by atoms with Crippen LogP contribution in [-0.4, -0.2) is 38.9 Å². The van der Waals surface area contributed by atoms with E-state index in [0.29, 0.717) is 22.8 Å². The molecule has 34 heavy (non-hydrogen) atoms. The summed E-state index contributed by atoms with van der Waals surface area (Å²) in [6, 6.07) is 17.1. The van der Waals surface area contributed by atoms with Gasteiger partial charge in [-0.3, -0.25) is 4.79 Å². The van der Waals surface area contributed by atoms with Gasteiger partial charge in [-0.05, 0) is 55.5 Å². The van der Waals surface area contributed by atoms with Crippen LogP contribution in [0.4, 0.5) is 0 Å². The van der Waals surface area contributed by atoms with Gasteiger partial charge in [0.15, 0.2) is 18.1 Å². The summed E-state index contributed by atoms with van der Waals surface area (Å²) in [5.41, 5.74) is 4.24. The van der Waals surface area contributed by atoms with Crippen LogP contribution < -0.4 is 24.4 Å². The highest BCUT2D eigenvalue weighted by atomic mass is 79.9. The molecule has 1 N–H and O–H groups in total. The number of ether oxygens (including phenoxy) is 4. The molecule has 0 atom stereocenters. The first-order valence-electron chi connectivity index (χ1n) is 10.1. The third-order valence-corrected chi connectivity index (χ3v) is 5.07. The normalized spacial score (nSPS) is 10.6. The average molecular weight is 527 g/mol. The molecule has 3 aromatic carbocycles. The molecule has 0 aliphatic carbocycles. The average Bonchev–Trinajstić information content (AvgIpc) is 2.84. The standard InChI is InChI=1S/C25H23BrN2O6/c1-16-4-8-20(9-5-16)33-15-24(29)28-27-14-18-12-19(26)7-11-21(18)34-25(30)17-6-10-22(31-2)23(13-17)32-3/h4-14H,15H2,1-3H3,(H,28,29). The molecular formula is C25H23BrN2O6. The first-order valence-corrected chi connectivity index (χ1v) is 10.9. The zero-order valence-electron chi connectivity index (χ0n) is 18.8. The molecule has 0 saturated heterocycles. The maximum absolute atomic E-state index is 12.7. The molecule has 176 valence electrons. The maximum atomic E-state index is 12.7. The van der Waals surface area contributed by atoms with Crippen molar-refractivity contribution in [3.63, 3.8) is 0 Å². The number of halogens is 1. The lowest BCUT2D eigenvalue weighted by atomic mass is 10.2. The van der Waals surface area contributed by atoms with Gasteiger partial charge in [0.1, 0.15) is 11.5 Å². The number of aryl methyl sites for hydroxylation is 1. The van der Waals surface area contributed by atoms with Gasteiger partial charge in [0.05, 0.1) is 26.0 Å². The van der Waals surface area contributed by atoms with E-state index in [1.54, 1.807) is 42.5 Å². The van der Waals surface area contributed by atoms with Crippen molar-refractivity contribution in [3.8, 4) is 23.0 Å². The summed E-state index contributed by atoms with van der Waals surface area (Å²) in [6.07, 6.45) is 1.38. The SMILES string of the molecule is COc1ccc(C(=O)Oc2ccc(Br)cc2C=NNC(=O)COc2ccc(C)cc2)cc1OC. The molecule has 8 nitrogen and oxygen atoms in total.